The molecule has 22 heavy (non-hydrogen) atoms. The van der Waals surface area contributed by atoms with Crippen molar-refractivity contribution in [2.75, 3.05) is 0 Å². The average Bonchev–Trinajstić information content (AvgIpc) is 3.10. The third kappa shape index (κ3) is 2.44. The number of carbonyl (C=O) groups excluding carboxylic acids is 2. The molecule has 0 radical (unpaired) electrons. The minimum atomic E-state index is -0.529. The van der Waals surface area contributed by atoms with Crippen molar-refractivity contribution >= 4 is 23.6 Å². The van der Waals surface area contributed by atoms with E-state index in [0.717, 1.165) is 0 Å². The molecule has 110 valence electrons. The Hall–Kier alpha value is -3.42. The Labute approximate surface area is 123 Å². The Bertz CT molecular complexity index is 786. The van der Waals surface area contributed by atoms with E-state index in [1.807, 2.05) is 0 Å². The monoisotopic (exact) mass is 299 g/mol. The first-order valence-electron chi connectivity index (χ1n) is 6.21. The van der Waals surface area contributed by atoms with Crippen molar-refractivity contribution in [2.45, 2.75) is 0 Å². The molecule has 3 rings (SSSR count). The Balaban J connectivity index is 1.88. The molecule has 1 aliphatic heterocycles. The third-order valence-electron chi connectivity index (χ3n) is 3.05. The molecule has 0 saturated carbocycles. The van der Waals surface area contributed by atoms with Crippen LogP contribution in [0.25, 0.3) is 17.4 Å². The molecule has 1 fully saturated rings. The van der Waals surface area contributed by atoms with Crippen LogP contribution in [0.3, 0.4) is 0 Å². The Morgan fingerprint density at radius 1 is 1.00 bits per heavy atom. The van der Waals surface area contributed by atoms with Crippen LogP contribution in [-0.4, -0.2) is 16.7 Å². The second-order valence-corrected chi connectivity index (χ2v) is 4.47. The number of hydrazine groups is 1. The maximum absolute atomic E-state index is 11.4. The van der Waals surface area contributed by atoms with Gasteiger partial charge in [-0.2, -0.15) is 0 Å². The number of rotatable bonds is 3. The minimum Gasteiger partial charge on any atom is -0.457 e. The van der Waals surface area contributed by atoms with Gasteiger partial charge in [-0.05, 0) is 30.3 Å². The summed E-state index contributed by atoms with van der Waals surface area (Å²) in [5.41, 5.74) is 4.95. The molecule has 0 atom stereocenters. The van der Waals surface area contributed by atoms with Crippen molar-refractivity contribution in [3.8, 4) is 11.3 Å². The van der Waals surface area contributed by atoms with Gasteiger partial charge in [0.25, 0.3) is 17.5 Å². The minimum absolute atomic E-state index is 0.0167. The summed E-state index contributed by atoms with van der Waals surface area (Å²) in [7, 11) is 0. The molecule has 1 saturated heterocycles. The van der Waals surface area contributed by atoms with E-state index >= 15 is 0 Å². The number of hydrogen-bond acceptors (Lipinski definition) is 5. The highest BCUT2D eigenvalue weighted by molar-refractivity contribution is 6.25. The highest BCUT2D eigenvalue weighted by atomic mass is 16.6. The lowest BCUT2D eigenvalue weighted by Gasteiger charge is -1.96. The van der Waals surface area contributed by atoms with Crippen LogP contribution in [0.2, 0.25) is 0 Å². The van der Waals surface area contributed by atoms with E-state index in [0.29, 0.717) is 17.1 Å². The van der Waals surface area contributed by atoms with E-state index in [2.05, 4.69) is 10.9 Å². The second kappa shape index (κ2) is 5.17. The molecule has 8 heteroatoms. The van der Waals surface area contributed by atoms with Gasteiger partial charge in [0.2, 0.25) is 0 Å². The van der Waals surface area contributed by atoms with Crippen molar-refractivity contribution in [3.05, 3.63) is 57.8 Å². The number of benzene rings is 1. The summed E-state index contributed by atoms with van der Waals surface area (Å²) in [6, 6.07) is 9.11. The predicted octanol–water partition coefficient (Wildman–Crippen LogP) is 1.40. The van der Waals surface area contributed by atoms with Crippen LogP contribution in [-0.2, 0) is 9.59 Å². The number of nitrogens with zero attached hydrogens (tertiary/aromatic N) is 1. The van der Waals surface area contributed by atoms with E-state index in [1.54, 1.807) is 24.3 Å². The zero-order chi connectivity index (χ0) is 15.7. The number of nitro benzene ring substituents is 1. The largest absolute Gasteiger partial charge is 0.457 e. The topological polar surface area (TPSA) is 114 Å². The van der Waals surface area contributed by atoms with Gasteiger partial charge in [0.05, 0.1) is 4.92 Å². The van der Waals surface area contributed by atoms with Gasteiger partial charge in [0.1, 0.15) is 17.1 Å². The Kier molecular flexibility index (Phi) is 3.18. The van der Waals surface area contributed by atoms with Crippen LogP contribution in [0.15, 0.2) is 46.4 Å². The van der Waals surface area contributed by atoms with Gasteiger partial charge in [-0.15, -0.1) is 0 Å². The molecule has 0 spiro atoms. The number of non-ortho nitro benzene ring substituents is 1. The number of hydrogen-bond donors (Lipinski definition) is 2. The van der Waals surface area contributed by atoms with E-state index in [1.165, 1.54) is 18.2 Å². The van der Waals surface area contributed by atoms with Crippen LogP contribution in [0.5, 0.6) is 0 Å². The number of nitrogens with one attached hydrogen (secondary N) is 2. The van der Waals surface area contributed by atoms with E-state index in [4.69, 9.17) is 4.42 Å². The van der Waals surface area contributed by atoms with Crippen LogP contribution >= 0.6 is 0 Å². The van der Waals surface area contributed by atoms with Gasteiger partial charge in [-0.1, -0.05) is 0 Å². The number of carbonyl (C=O) groups is 2. The summed E-state index contributed by atoms with van der Waals surface area (Å²) >= 11 is 0. The van der Waals surface area contributed by atoms with Crippen molar-refractivity contribution in [2.24, 2.45) is 0 Å². The van der Waals surface area contributed by atoms with E-state index in [9.17, 15) is 19.7 Å². The predicted molar refractivity (Wildman–Crippen MR) is 75.1 cm³/mol. The fourth-order valence-electron chi connectivity index (χ4n) is 1.96. The molecular weight excluding hydrogens is 290 g/mol. The third-order valence-corrected chi connectivity index (χ3v) is 3.05. The standard InChI is InChI=1S/C14H9N3O5/c18-13-11(14(19)16-15-13)7-10-5-6-12(22-10)8-1-3-9(4-2-8)17(20)21/h1-7H,(H,15,18)(H,16,19). The first-order chi connectivity index (χ1) is 10.5. The molecule has 2 aromatic rings. The maximum atomic E-state index is 11.4. The lowest BCUT2D eigenvalue weighted by molar-refractivity contribution is -0.384. The molecule has 1 aromatic heterocycles. The molecule has 2 N–H and O–H groups in total. The van der Waals surface area contributed by atoms with Gasteiger partial charge in [-0.25, -0.2) is 0 Å². The number of nitro groups is 1. The lowest BCUT2D eigenvalue weighted by Crippen LogP contribution is -2.28. The van der Waals surface area contributed by atoms with Crippen LogP contribution in [0.4, 0.5) is 5.69 Å². The average molecular weight is 299 g/mol. The van der Waals surface area contributed by atoms with Gasteiger partial charge in [-0.3, -0.25) is 30.6 Å². The zero-order valence-corrected chi connectivity index (χ0v) is 11.0. The van der Waals surface area contributed by atoms with Crippen molar-refractivity contribution < 1.29 is 18.9 Å². The highest BCUT2D eigenvalue weighted by Gasteiger charge is 2.25. The quantitative estimate of drug-likeness (QED) is 0.385. The van der Waals surface area contributed by atoms with E-state index in [-0.39, 0.29) is 11.3 Å². The summed E-state index contributed by atoms with van der Waals surface area (Å²) in [6.45, 7) is 0. The molecule has 1 aromatic carbocycles. The van der Waals surface area contributed by atoms with Crippen LogP contribution < -0.4 is 10.9 Å². The second-order valence-electron chi connectivity index (χ2n) is 4.47. The first-order valence-corrected chi connectivity index (χ1v) is 6.21. The Morgan fingerprint density at radius 3 is 2.23 bits per heavy atom. The fourth-order valence-corrected chi connectivity index (χ4v) is 1.96. The summed E-state index contributed by atoms with van der Waals surface area (Å²) < 4.78 is 5.52. The van der Waals surface area contributed by atoms with Crippen molar-refractivity contribution in [3.63, 3.8) is 0 Å². The van der Waals surface area contributed by atoms with Gasteiger partial charge in [0, 0.05) is 17.7 Å². The molecule has 2 amide bonds. The molecular formula is C14H9N3O5. The Morgan fingerprint density at radius 2 is 1.64 bits per heavy atom. The molecule has 2 heterocycles. The normalized spacial score (nSPS) is 13.7. The first kappa shape index (κ1) is 13.6. The summed E-state index contributed by atoms with van der Waals surface area (Å²) in [5.74, 6) is -0.257. The maximum Gasteiger partial charge on any atom is 0.275 e. The van der Waals surface area contributed by atoms with Crippen molar-refractivity contribution in [1.82, 2.24) is 10.9 Å². The molecule has 8 nitrogen and oxygen atoms in total. The van der Waals surface area contributed by atoms with Crippen molar-refractivity contribution in [1.29, 1.82) is 0 Å². The molecule has 0 bridgehead atoms. The van der Waals surface area contributed by atoms with Crippen LogP contribution in [0, 0.1) is 10.1 Å². The van der Waals surface area contributed by atoms with Gasteiger partial charge >= 0.3 is 0 Å². The van der Waals surface area contributed by atoms with Gasteiger partial charge in [0.15, 0.2) is 0 Å². The molecule has 1 aliphatic rings. The summed E-state index contributed by atoms with van der Waals surface area (Å²) in [6.07, 6.45) is 1.33. The number of amides is 2. The smallest absolute Gasteiger partial charge is 0.275 e. The lowest BCUT2D eigenvalue weighted by atomic mass is 10.1. The summed E-state index contributed by atoms with van der Waals surface area (Å²) in [4.78, 5) is 32.9. The molecule has 0 unspecified atom stereocenters. The van der Waals surface area contributed by atoms with Gasteiger partial charge < -0.3 is 4.42 Å². The highest BCUT2D eigenvalue weighted by Crippen LogP contribution is 2.25. The summed E-state index contributed by atoms with van der Waals surface area (Å²) in [5, 5.41) is 10.6. The van der Waals surface area contributed by atoms with E-state index < -0.39 is 16.7 Å². The number of furan rings is 1. The SMILES string of the molecule is O=C1NNC(=O)C1=Cc1ccc(-c2ccc([N+](=O)[O-])cc2)o1. The van der Waals surface area contributed by atoms with Crippen LogP contribution in [0.1, 0.15) is 5.76 Å². The molecule has 0 aliphatic carbocycles. The zero-order valence-electron chi connectivity index (χ0n) is 11.0. The fraction of sp³-hybridized carbons (Fsp3) is 0.